The van der Waals surface area contributed by atoms with Gasteiger partial charge in [0.15, 0.2) is 0 Å². The summed E-state index contributed by atoms with van der Waals surface area (Å²) in [6, 6.07) is 0. The fraction of sp³-hybridized carbons (Fsp3) is 0.667. The second-order valence-electron chi connectivity index (χ2n) is 5.07. The molecule has 2 fully saturated rings. The van der Waals surface area contributed by atoms with Crippen molar-refractivity contribution in [2.24, 2.45) is 5.73 Å². The van der Waals surface area contributed by atoms with Crippen molar-refractivity contribution in [3.05, 3.63) is 17.0 Å². The van der Waals surface area contributed by atoms with Gasteiger partial charge in [0, 0.05) is 24.0 Å². The van der Waals surface area contributed by atoms with E-state index in [9.17, 15) is 0 Å². The van der Waals surface area contributed by atoms with Crippen LogP contribution in [0.3, 0.4) is 0 Å². The second kappa shape index (κ2) is 3.61. The molecule has 0 bridgehead atoms. The number of nitrogens with zero attached hydrogens (tertiary/aromatic N) is 1. The molecule has 0 atom stereocenters. The predicted octanol–water partition coefficient (Wildman–Crippen LogP) is 2.03. The minimum absolute atomic E-state index is 0.282. The quantitative estimate of drug-likeness (QED) is 0.522. The Morgan fingerprint density at radius 3 is 2.56 bits per heavy atom. The molecule has 0 aromatic carbocycles. The maximum atomic E-state index is 7.33. The van der Waals surface area contributed by atoms with E-state index in [1.807, 2.05) is 0 Å². The van der Waals surface area contributed by atoms with Gasteiger partial charge in [-0.15, -0.1) is 0 Å². The minimum atomic E-state index is 0.282. The molecule has 1 heterocycles. The lowest BCUT2D eigenvalue weighted by atomic mass is 10.0. The summed E-state index contributed by atoms with van der Waals surface area (Å²) >= 11 is 0. The third-order valence-electron chi connectivity index (χ3n) is 3.53. The van der Waals surface area contributed by atoms with Gasteiger partial charge in [0.05, 0.1) is 11.5 Å². The number of hydrogen-bond acceptors (Lipinski definition) is 2. The van der Waals surface area contributed by atoms with Crippen LogP contribution in [-0.4, -0.2) is 16.0 Å². The van der Waals surface area contributed by atoms with Crippen LogP contribution in [0.5, 0.6) is 0 Å². The van der Waals surface area contributed by atoms with E-state index >= 15 is 0 Å². The number of aromatic nitrogens is 2. The molecule has 1 aromatic heterocycles. The van der Waals surface area contributed by atoms with E-state index in [2.05, 4.69) is 10.2 Å². The molecule has 0 amide bonds. The number of hydrogen-bond donors (Lipinski definition) is 3. The van der Waals surface area contributed by atoms with Crippen molar-refractivity contribution in [3.63, 3.8) is 0 Å². The maximum Gasteiger partial charge on any atom is 0.0908 e. The summed E-state index contributed by atoms with van der Waals surface area (Å²) in [5.74, 6) is 1.68. The zero-order chi connectivity index (χ0) is 11.1. The molecular formula is C12H18N4. The van der Waals surface area contributed by atoms with Crippen LogP contribution >= 0.6 is 0 Å². The van der Waals surface area contributed by atoms with Crippen molar-refractivity contribution < 1.29 is 0 Å². The molecule has 0 aliphatic heterocycles. The highest BCUT2D eigenvalue weighted by atomic mass is 15.1. The highest BCUT2D eigenvalue weighted by Gasteiger charge is 2.34. The summed E-state index contributed by atoms with van der Waals surface area (Å²) in [4.78, 5) is 0. The van der Waals surface area contributed by atoms with E-state index < -0.39 is 0 Å². The zero-order valence-corrected chi connectivity index (χ0v) is 9.42. The topological polar surface area (TPSA) is 78.6 Å². The molecule has 4 heteroatoms. The third kappa shape index (κ3) is 1.84. The van der Waals surface area contributed by atoms with Gasteiger partial charge in [-0.3, -0.25) is 10.5 Å². The van der Waals surface area contributed by atoms with E-state index in [0.717, 1.165) is 6.42 Å². The summed E-state index contributed by atoms with van der Waals surface area (Å²) < 4.78 is 0. The third-order valence-corrected chi connectivity index (χ3v) is 3.53. The number of amidine groups is 1. The molecule has 16 heavy (non-hydrogen) atoms. The van der Waals surface area contributed by atoms with Crippen LogP contribution in [-0.2, 0) is 6.42 Å². The molecule has 2 saturated carbocycles. The monoisotopic (exact) mass is 218 g/mol. The Morgan fingerprint density at radius 2 is 2.00 bits per heavy atom. The average molecular weight is 218 g/mol. The maximum absolute atomic E-state index is 7.33. The van der Waals surface area contributed by atoms with Crippen molar-refractivity contribution in [2.45, 2.75) is 50.4 Å². The molecule has 0 radical (unpaired) electrons. The highest BCUT2D eigenvalue weighted by molar-refractivity contribution is 5.77. The molecule has 2 aliphatic carbocycles. The van der Waals surface area contributed by atoms with Crippen molar-refractivity contribution >= 4 is 5.84 Å². The Kier molecular flexibility index (Phi) is 2.23. The second-order valence-corrected chi connectivity index (χ2v) is 5.07. The fourth-order valence-electron chi connectivity index (χ4n) is 2.32. The smallest absolute Gasteiger partial charge is 0.0908 e. The van der Waals surface area contributed by atoms with Gasteiger partial charge in [-0.1, -0.05) is 0 Å². The van der Waals surface area contributed by atoms with Crippen LogP contribution in [0.25, 0.3) is 0 Å². The van der Waals surface area contributed by atoms with E-state index in [-0.39, 0.29) is 5.84 Å². The zero-order valence-electron chi connectivity index (χ0n) is 9.42. The Balaban J connectivity index is 1.84. The van der Waals surface area contributed by atoms with E-state index in [0.29, 0.717) is 18.3 Å². The molecule has 4 nitrogen and oxygen atoms in total. The number of nitrogens with two attached hydrogens (primary N) is 1. The lowest BCUT2D eigenvalue weighted by Gasteiger charge is -2.03. The first-order valence-corrected chi connectivity index (χ1v) is 6.15. The first kappa shape index (κ1) is 9.87. The molecule has 2 aliphatic rings. The molecule has 86 valence electrons. The summed E-state index contributed by atoms with van der Waals surface area (Å²) in [5.41, 5.74) is 9.42. The first-order valence-electron chi connectivity index (χ1n) is 6.15. The number of aromatic amines is 1. The summed E-state index contributed by atoms with van der Waals surface area (Å²) in [5, 5.41) is 15.0. The van der Waals surface area contributed by atoms with Gasteiger partial charge in [0.1, 0.15) is 0 Å². The van der Waals surface area contributed by atoms with Gasteiger partial charge in [-0.05, 0) is 37.7 Å². The van der Waals surface area contributed by atoms with Crippen LogP contribution in [0.4, 0.5) is 0 Å². The van der Waals surface area contributed by atoms with Crippen molar-refractivity contribution in [1.29, 1.82) is 5.41 Å². The molecule has 1 aromatic rings. The summed E-state index contributed by atoms with van der Waals surface area (Å²) in [7, 11) is 0. The largest absolute Gasteiger partial charge is 0.388 e. The van der Waals surface area contributed by atoms with Gasteiger partial charge in [-0.25, -0.2) is 0 Å². The van der Waals surface area contributed by atoms with Crippen molar-refractivity contribution in [3.8, 4) is 0 Å². The van der Waals surface area contributed by atoms with Gasteiger partial charge in [0.25, 0.3) is 0 Å². The average Bonchev–Trinajstić information content (AvgIpc) is 3.13. The van der Waals surface area contributed by atoms with Crippen LogP contribution in [0.15, 0.2) is 0 Å². The minimum Gasteiger partial charge on any atom is -0.388 e. The van der Waals surface area contributed by atoms with Gasteiger partial charge >= 0.3 is 0 Å². The van der Waals surface area contributed by atoms with E-state index in [4.69, 9.17) is 11.1 Å². The molecular weight excluding hydrogens is 200 g/mol. The van der Waals surface area contributed by atoms with Crippen molar-refractivity contribution in [2.75, 3.05) is 0 Å². The van der Waals surface area contributed by atoms with E-state index in [1.54, 1.807) is 0 Å². The highest BCUT2D eigenvalue weighted by Crippen LogP contribution is 2.46. The van der Waals surface area contributed by atoms with Crippen molar-refractivity contribution in [1.82, 2.24) is 10.2 Å². The SMILES string of the molecule is N=C(N)CCc1c(C2CC2)n[nH]c1C1CC1. The molecule has 4 N–H and O–H groups in total. The van der Waals surface area contributed by atoms with Gasteiger partial charge < -0.3 is 5.73 Å². The number of rotatable bonds is 5. The van der Waals surface area contributed by atoms with Gasteiger partial charge in [-0.2, -0.15) is 5.10 Å². The van der Waals surface area contributed by atoms with Crippen LogP contribution in [0, 0.1) is 5.41 Å². The summed E-state index contributed by atoms with van der Waals surface area (Å²) in [6.45, 7) is 0. The predicted molar refractivity (Wildman–Crippen MR) is 62.8 cm³/mol. The van der Waals surface area contributed by atoms with E-state index in [1.165, 1.54) is 42.6 Å². The summed E-state index contributed by atoms with van der Waals surface area (Å²) in [6.07, 6.45) is 6.70. The lowest BCUT2D eigenvalue weighted by Crippen LogP contribution is -2.11. The Hall–Kier alpha value is -1.32. The Labute approximate surface area is 95.1 Å². The molecule has 0 saturated heterocycles. The molecule has 0 unspecified atom stereocenters. The lowest BCUT2D eigenvalue weighted by molar-refractivity contribution is 0.926. The Bertz CT molecular complexity index is 383. The van der Waals surface area contributed by atoms with Crippen LogP contribution in [0.1, 0.15) is 60.9 Å². The van der Waals surface area contributed by atoms with Gasteiger partial charge in [0.2, 0.25) is 0 Å². The standard InChI is InChI=1S/C12H18N4/c13-10(14)6-5-9-11(7-1-2-7)15-16-12(9)8-3-4-8/h7-8H,1-6H2,(H3,13,14)(H,15,16). The Morgan fingerprint density at radius 1 is 1.31 bits per heavy atom. The van der Waals surface area contributed by atoms with Crippen LogP contribution in [0.2, 0.25) is 0 Å². The first-order chi connectivity index (χ1) is 7.75. The molecule has 3 rings (SSSR count). The normalized spacial score (nSPS) is 20.0. The number of H-pyrrole nitrogens is 1. The molecule has 0 spiro atoms. The van der Waals surface area contributed by atoms with Crippen LogP contribution < -0.4 is 5.73 Å². The number of nitrogens with one attached hydrogen (secondary N) is 2. The fourth-order valence-corrected chi connectivity index (χ4v) is 2.32.